The summed E-state index contributed by atoms with van der Waals surface area (Å²) in [5.74, 6) is 0.0106. The molecule has 0 bridgehead atoms. The Bertz CT molecular complexity index is 1270. The summed E-state index contributed by atoms with van der Waals surface area (Å²) in [6.45, 7) is 0.340. The van der Waals surface area contributed by atoms with Crippen molar-refractivity contribution in [2.45, 2.75) is 68.8 Å². The van der Waals surface area contributed by atoms with Gasteiger partial charge in [-0.3, -0.25) is 14.8 Å². The van der Waals surface area contributed by atoms with Crippen LogP contribution in [0.3, 0.4) is 0 Å². The molecule has 218 valence electrons. The molecular weight excluding hydrogens is 546 g/mol. The molecule has 2 aromatic carbocycles. The number of hydrogen-bond acceptors (Lipinski definition) is 8. The Hall–Kier alpha value is -3.48. The molecule has 1 aliphatic heterocycles. The first-order chi connectivity index (χ1) is 19.9. The molecular formula is C30H35N3O7S. The van der Waals surface area contributed by atoms with Crippen LogP contribution in [0.5, 0.6) is 0 Å². The van der Waals surface area contributed by atoms with Crippen LogP contribution in [0.2, 0.25) is 0 Å². The van der Waals surface area contributed by atoms with Gasteiger partial charge < -0.3 is 25.1 Å². The van der Waals surface area contributed by atoms with E-state index >= 15 is 0 Å². The van der Waals surface area contributed by atoms with Crippen LogP contribution in [0, 0.1) is 5.21 Å². The molecule has 0 aliphatic carbocycles. The summed E-state index contributed by atoms with van der Waals surface area (Å²) in [6, 6.07) is 20.7. The van der Waals surface area contributed by atoms with E-state index in [-0.39, 0.29) is 31.1 Å². The molecule has 1 saturated heterocycles. The lowest BCUT2D eigenvalue weighted by atomic mass is 10.0. The van der Waals surface area contributed by atoms with Gasteiger partial charge in [0, 0.05) is 49.3 Å². The molecule has 0 saturated carbocycles. The highest BCUT2D eigenvalue weighted by Crippen LogP contribution is 2.39. The maximum Gasteiger partial charge on any atom is 0.251 e. The van der Waals surface area contributed by atoms with Gasteiger partial charge in [-0.1, -0.05) is 60.3 Å². The largest absolute Gasteiger partial charge is 0.618 e. The lowest BCUT2D eigenvalue weighted by molar-refractivity contribution is -0.645. The third-order valence-corrected chi connectivity index (χ3v) is 7.89. The highest BCUT2D eigenvalue weighted by Gasteiger charge is 2.32. The van der Waals surface area contributed by atoms with Gasteiger partial charge in [-0.25, -0.2) is 5.48 Å². The molecule has 1 aromatic heterocycles. The molecule has 3 atom stereocenters. The molecule has 0 spiro atoms. The molecule has 10 nitrogen and oxygen atoms in total. The van der Waals surface area contributed by atoms with E-state index in [2.05, 4.69) is 5.32 Å². The van der Waals surface area contributed by atoms with Crippen molar-refractivity contribution < 1.29 is 34.1 Å². The summed E-state index contributed by atoms with van der Waals surface area (Å²) in [7, 11) is 0. The molecule has 2 heterocycles. The fourth-order valence-corrected chi connectivity index (χ4v) is 5.37. The number of pyridine rings is 1. The first-order valence-corrected chi connectivity index (χ1v) is 14.5. The molecule has 1 fully saturated rings. The van der Waals surface area contributed by atoms with E-state index in [1.54, 1.807) is 17.6 Å². The molecule has 4 N–H and O–H groups in total. The Morgan fingerprint density at radius 2 is 1.61 bits per heavy atom. The predicted molar refractivity (Wildman–Crippen MR) is 151 cm³/mol. The number of carbonyl (C=O) groups excluding carboxylic acids is 2. The molecule has 0 radical (unpaired) electrons. The van der Waals surface area contributed by atoms with Crippen molar-refractivity contribution in [1.29, 1.82) is 0 Å². The zero-order valence-corrected chi connectivity index (χ0v) is 23.4. The van der Waals surface area contributed by atoms with E-state index < -0.39 is 12.2 Å². The van der Waals surface area contributed by atoms with Gasteiger partial charge in [0.05, 0.1) is 18.8 Å². The lowest BCUT2D eigenvalue weighted by Crippen LogP contribution is -2.32. The van der Waals surface area contributed by atoms with Gasteiger partial charge in [0.25, 0.3) is 5.03 Å². The van der Waals surface area contributed by atoms with Crippen LogP contribution in [-0.4, -0.2) is 34.0 Å². The lowest BCUT2D eigenvalue weighted by Gasteiger charge is -2.36. The SMILES string of the molecule is O=C(CCCCC(=O)NCc1ccc([C@@H]2O[C@H](CSc3cccc[n+]3[O-])C[C@H](c3ccc(CO)cc3)O2)cc1)NO. The van der Waals surface area contributed by atoms with Gasteiger partial charge in [-0.2, -0.15) is 4.73 Å². The van der Waals surface area contributed by atoms with Crippen molar-refractivity contribution in [1.82, 2.24) is 10.8 Å². The number of nitrogens with zero attached hydrogens (tertiary/aromatic N) is 1. The Morgan fingerprint density at radius 3 is 2.29 bits per heavy atom. The quantitative estimate of drug-likeness (QED) is 0.0596. The van der Waals surface area contributed by atoms with Gasteiger partial charge in [-0.15, -0.1) is 0 Å². The van der Waals surface area contributed by atoms with Crippen LogP contribution >= 0.6 is 11.8 Å². The second-order valence-electron chi connectivity index (χ2n) is 9.79. The number of hydrogen-bond donors (Lipinski definition) is 4. The standard InChI is InChI=1S/C30H35N3O7S/c34-19-22-10-12-23(13-11-22)26-17-25(20-41-29-7-3-4-16-33(29)38)39-30(40-26)24-14-8-21(9-15-24)18-31-27(35)5-1-2-6-28(36)32-37/h3-4,7-16,25-26,30,34,37H,1-2,5-6,17-20H2,(H,31,35)(H,32,36)/t25-,26+,30+/m0/s1. The highest BCUT2D eigenvalue weighted by atomic mass is 32.2. The minimum absolute atomic E-state index is 0.0285. The number of aliphatic hydroxyl groups excluding tert-OH is 1. The van der Waals surface area contributed by atoms with Gasteiger partial charge in [0.1, 0.15) is 0 Å². The number of unbranched alkanes of at least 4 members (excludes halogenated alkanes) is 1. The van der Waals surface area contributed by atoms with Gasteiger partial charge >= 0.3 is 0 Å². The second-order valence-corrected chi connectivity index (χ2v) is 10.8. The molecule has 3 aromatic rings. The van der Waals surface area contributed by atoms with E-state index in [4.69, 9.17) is 14.7 Å². The maximum atomic E-state index is 12.1. The smallest absolute Gasteiger partial charge is 0.251 e. The highest BCUT2D eigenvalue weighted by molar-refractivity contribution is 7.99. The van der Waals surface area contributed by atoms with E-state index in [1.165, 1.54) is 18.0 Å². The Balaban J connectivity index is 1.37. The number of carbonyl (C=O) groups is 2. The summed E-state index contributed by atoms with van der Waals surface area (Å²) in [5.41, 5.74) is 5.15. The zero-order valence-electron chi connectivity index (χ0n) is 22.6. The van der Waals surface area contributed by atoms with Crippen LogP contribution in [0.4, 0.5) is 0 Å². The van der Waals surface area contributed by atoms with Crippen LogP contribution in [0.15, 0.2) is 78.0 Å². The van der Waals surface area contributed by atoms with Crippen LogP contribution < -0.4 is 15.5 Å². The second kappa shape index (κ2) is 15.5. The van der Waals surface area contributed by atoms with E-state index in [9.17, 15) is 19.9 Å². The maximum absolute atomic E-state index is 12.1. The Labute approximate surface area is 243 Å². The average Bonchev–Trinajstić information content (AvgIpc) is 3.01. The zero-order chi connectivity index (χ0) is 29.0. The van der Waals surface area contributed by atoms with Crippen molar-refractivity contribution in [2.24, 2.45) is 0 Å². The Morgan fingerprint density at radius 1 is 0.927 bits per heavy atom. The van der Waals surface area contributed by atoms with Crippen molar-refractivity contribution in [2.75, 3.05) is 5.75 Å². The summed E-state index contributed by atoms with van der Waals surface area (Å²) >= 11 is 1.44. The van der Waals surface area contributed by atoms with Crippen LogP contribution in [-0.2, 0) is 32.2 Å². The normalized spacial score (nSPS) is 18.5. The van der Waals surface area contributed by atoms with Crippen molar-refractivity contribution in [3.63, 3.8) is 0 Å². The summed E-state index contributed by atoms with van der Waals surface area (Å²) in [4.78, 5) is 23.2. The molecule has 1 aliphatic rings. The molecule has 2 amide bonds. The molecule has 0 unspecified atom stereocenters. The van der Waals surface area contributed by atoms with Gasteiger partial charge in [-0.05, 0) is 35.6 Å². The van der Waals surface area contributed by atoms with E-state index in [1.807, 2.05) is 54.6 Å². The minimum Gasteiger partial charge on any atom is -0.618 e. The fraction of sp³-hybridized carbons (Fsp3) is 0.367. The summed E-state index contributed by atoms with van der Waals surface area (Å²) < 4.78 is 13.6. The van der Waals surface area contributed by atoms with E-state index in [0.717, 1.165) is 27.0 Å². The van der Waals surface area contributed by atoms with Gasteiger partial charge in [0.2, 0.25) is 11.8 Å². The summed E-state index contributed by atoms with van der Waals surface area (Å²) in [5, 5.41) is 33.5. The number of thioether (sulfide) groups is 1. The summed E-state index contributed by atoms with van der Waals surface area (Å²) in [6.07, 6.45) is 2.61. The number of rotatable bonds is 13. The predicted octanol–water partition coefficient (Wildman–Crippen LogP) is 3.83. The van der Waals surface area contributed by atoms with Gasteiger partial charge in [0.15, 0.2) is 12.5 Å². The van der Waals surface area contributed by atoms with Crippen molar-refractivity contribution >= 4 is 23.6 Å². The number of hydroxylamine groups is 1. The first kappa shape index (κ1) is 30.5. The van der Waals surface area contributed by atoms with Crippen molar-refractivity contribution in [3.8, 4) is 0 Å². The number of nitrogens with one attached hydrogen (secondary N) is 2. The number of aromatic nitrogens is 1. The van der Waals surface area contributed by atoms with Crippen LogP contribution in [0.1, 0.15) is 66.8 Å². The Kier molecular flexibility index (Phi) is 11.5. The minimum atomic E-state index is -0.619. The third-order valence-electron chi connectivity index (χ3n) is 6.74. The number of ether oxygens (including phenoxy) is 2. The number of aliphatic hydroxyl groups is 1. The fourth-order valence-electron chi connectivity index (χ4n) is 4.43. The first-order valence-electron chi connectivity index (χ1n) is 13.5. The molecule has 41 heavy (non-hydrogen) atoms. The van der Waals surface area contributed by atoms with E-state index in [0.29, 0.717) is 43.0 Å². The van der Waals surface area contributed by atoms with Crippen LogP contribution in [0.25, 0.3) is 0 Å². The average molecular weight is 582 g/mol. The monoisotopic (exact) mass is 581 g/mol. The molecule has 4 rings (SSSR count). The number of amides is 2. The topological polar surface area (TPSA) is 144 Å². The third kappa shape index (κ3) is 9.27. The van der Waals surface area contributed by atoms with Crippen molar-refractivity contribution in [3.05, 3.63) is 100 Å². The number of benzene rings is 2. The molecule has 11 heteroatoms.